The van der Waals surface area contributed by atoms with Gasteiger partial charge in [0.2, 0.25) is 0 Å². The molecule has 0 saturated heterocycles. The van der Waals surface area contributed by atoms with Crippen LogP contribution in [0, 0.1) is 5.92 Å². The van der Waals surface area contributed by atoms with E-state index in [1.54, 1.807) is 0 Å². The van der Waals surface area contributed by atoms with Gasteiger partial charge in [-0.1, -0.05) is 0 Å². The Morgan fingerprint density at radius 2 is 1.92 bits per heavy atom. The lowest BCUT2D eigenvalue weighted by Gasteiger charge is -2.35. The van der Waals surface area contributed by atoms with Crippen molar-refractivity contribution in [3.05, 3.63) is 0 Å². The fraction of sp³-hybridized carbons (Fsp3) is 1.00. The largest absolute Gasteiger partial charge is 0.492 e. The van der Waals surface area contributed by atoms with E-state index in [1.807, 2.05) is 0 Å². The van der Waals surface area contributed by atoms with Gasteiger partial charge in [0.25, 0.3) is 0 Å². The Balaban J connectivity index is 2.15. The molecule has 1 fully saturated rings. The fourth-order valence-electron chi connectivity index (χ4n) is 1.72. The summed E-state index contributed by atoms with van der Waals surface area (Å²) in [7, 11) is 1.47. The molecule has 2 nitrogen and oxygen atoms in total. The first kappa shape index (κ1) is 10.9. The van der Waals surface area contributed by atoms with Gasteiger partial charge in [-0.25, -0.2) is 0 Å². The van der Waals surface area contributed by atoms with Crippen LogP contribution in [0.1, 0.15) is 12.8 Å². The predicted molar refractivity (Wildman–Crippen MR) is 45.3 cm³/mol. The van der Waals surface area contributed by atoms with Crippen LogP contribution in [0.3, 0.4) is 0 Å². The Morgan fingerprint density at radius 3 is 2.31 bits per heavy atom. The van der Waals surface area contributed by atoms with Crippen molar-refractivity contribution in [1.29, 1.82) is 0 Å². The molecule has 0 aromatic heterocycles. The highest BCUT2D eigenvalue weighted by atomic mass is 19.4. The molecular weight excluding hydrogens is 182 g/mol. The summed E-state index contributed by atoms with van der Waals surface area (Å²) in [5, 5.41) is 8.93. The van der Waals surface area contributed by atoms with Gasteiger partial charge < -0.3 is 23.0 Å². The minimum atomic E-state index is -4.71. The first-order valence-corrected chi connectivity index (χ1v) is 4.44. The number of rotatable bonds is 4. The summed E-state index contributed by atoms with van der Waals surface area (Å²) in [5.74, 6) is 0.248. The van der Waals surface area contributed by atoms with Crippen molar-refractivity contribution in [2.24, 2.45) is 5.92 Å². The zero-order valence-corrected chi connectivity index (χ0v) is 7.59. The van der Waals surface area contributed by atoms with Crippen LogP contribution >= 0.6 is 0 Å². The molecule has 0 heterocycles. The van der Waals surface area contributed by atoms with E-state index in [2.05, 4.69) is 0 Å². The lowest BCUT2D eigenvalue weighted by atomic mass is 9.81. The van der Waals surface area contributed by atoms with Gasteiger partial charge >= 0.3 is 6.98 Å². The zero-order valence-electron chi connectivity index (χ0n) is 7.59. The first-order valence-electron chi connectivity index (χ1n) is 4.44. The van der Waals surface area contributed by atoms with E-state index >= 15 is 0 Å². The topological polar surface area (TPSA) is 23.5 Å². The second kappa shape index (κ2) is 3.88. The molecule has 1 rings (SSSR count). The summed E-state index contributed by atoms with van der Waals surface area (Å²) in [6.45, 7) is -4.26. The molecule has 0 spiro atoms. The Kier molecular flexibility index (Phi) is 3.24. The first-order chi connectivity index (χ1) is 5.87. The average Bonchev–Trinajstić information content (AvgIpc) is 1.79. The maximum Gasteiger partial charge on any atom is 0.492 e. The smallest absolute Gasteiger partial charge is 0.448 e. The van der Waals surface area contributed by atoms with E-state index in [0.717, 1.165) is 0 Å². The maximum absolute atomic E-state index is 11.9. The van der Waals surface area contributed by atoms with Crippen LogP contribution in [-0.4, -0.2) is 43.1 Å². The lowest BCUT2D eigenvalue weighted by Crippen LogP contribution is -2.42. The van der Waals surface area contributed by atoms with Crippen molar-refractivity contribution in [2.75, 3.05) is 20.0 Å². The van der Waals surface area contributed by atoms with Crippen molar-refractivity contribution in [2.45, 2.75) is 18.9 Å². The molecule has 0 amide bonds. The predicted octanol–water partition coefficient (Wildman–Crippen LogP) is 1.08. The second-order valence-electron chi connectivity index (χ2n) is 3.92. The summed E-state index contributed by atoms with van der Waals surface area (Å²) in [4.78, 5) is 1.29. The quantitative estimate of drug-likeness (QED) is 0.680. The van der Waals surface area contributed by atoms with Gasteiger partial charge in [0.15, 0.2) is 0 Å². The molecular formula is C7H14BF3NO-. The van der Waals surface area contributed by atoms with Gasteiger partial charge in [0.1, 0.15) is 0 Å². The molecule has 1 saturated carbocycles. The van der Waals surface area contributed by atoms with Gasteiger partial charge in [0, 0.05) is 0 Å². The van der Waals surface area contributed by atoms with E-state index in [1.165, 1.54) is 11.9 Å². The lowest BCUT2D eigenvalue weighted by molar-refractivity contribution is 0.0296. The molecule has 1 aliphatic rings. The number of halogens is 3. The molecule has 6 heteroatoms. The molecule has 13 heavy (non-hydrogen) atoms. The van der Waals surface area contributed by atoms with Crippen LogP contribution in [0.4, 0.5) is 12.9 Å². The highest BCUT2D eigenvalue weighted by Gasteiger charge is 2.30. The van der Waals surface area contributed by atoms with Crippen LogP contribution < -0.4 is 0 Å². The molecule has 78 valence electrons. The highest BCUT2D eigenvalue weighted by molar-refractivity contribution is 6.58. The van der Waals surface area contributed by atoms with Crippen molar-refractivity contribution < 1.29 is 18.1 Å². The van der Waals surface area contributed by atoms with Crippen LogP contribution in [-0.2, 0) is 0 Å². The zero-order chi connectivity index (χ0) is 10.1. The van der Waals surface area contributed by atoms with Crippen molar-refractivity contribution in [3.8, 4) is 0 Å². The van der Waals surface area contributed by atoms with Crippen molar-refractivity contribution in [1.82, 2.24) is 4.90 Å². The number of nitrogens with zero attached hydrogens (tertiary/aromatic N) is 1. The van der Waals surface area contributed by atoms with E-state index in [-0.39, 0.29) is 12.0 Å². The minimum Gasteiger partial charge on any atom is -0.448 e. The number of hydrogen-bond acceptors (Lipinski definition) is 2. The van der Waals surface area contributed by atoms with Crippen LogP contribution in [0.15, 0.2) is 0 Å². The van der Waals surface area contributed by atoms with E-state index in [9.17, 15) is 12.9 Å². The highest BCUT2D eigenvalue weighted by Crippen LogP contribution is 2.27. The Morgan fingerprint density at radius 1 is 1.38 bits per heavy atom. The monoisotopic (exact) mass is 196 g/mol. The molecule has 0 atom stereocenters. The number of hydrogen-bond donors (Lipinski definition) is 1. The molecule has 0 unspecified atom stereocenters. The molecule has 1 aliphatic carbocycles. The third-order valence-electron chi connectivity index (χ3n) is 2.30. The third kappa shape index (κ3) is 4.00. The SMILES string of the molecule is CN(CC1CC(O)C1)C[B-](F)(F)F. The molecule has 0 aromatic rings. The van der Waals surface area contributed by atoms with Gasteiger partial charge in [-0.05, 0) is 38.8 Å². The van der Waals surface area contributed by atoms with Gasteiger partial charge in [0.05, 0.1) is 6.10 Å². The summed E-state index contributed by atoms with van der Waals surface area (Å²) in [6.07, 6.45) is 0.214. The minimum absolute atomic E-state index is 0.248. The van der Waals surface area contributed by atoms with Crippen molar-refractivity contribution >= 4 is 6.98 Å². The van der Waals surface area contributed by atoms with Gasteiger partial charge in [-0.3, -0.25) is 0 Å². The number of aliphatic hydroxyl groups excluding tert-OH is 1. The summed E-state index contributed by atoms with van der Waals surface area (Å²) >= 11 is 0. The van der Waals surface area contributed by atoms with Crippen LogP contribution in [0.5, 0.6) is 0 Å². The average molecular weight is 196 g/mol. The van der Waals surface area contributed by atoms with Gasteiger partial charge in [-0.15, -0.1) is 0 Å². The molecule has 0 radical (unpaired) electrons. The normalized spacial score (nSPS) is 29.1. The van der Waals surface area contributed by atoms with E-state index < -0.39 is 13.4 Å². The fourth-order valence-corrected chi connectivity index (χ4v) is 1.72. The Bertz CT molecular complexity index is 170. The molecule has 0 aromatic carbocycles. The molecule has 0 aliphatic heterocycles. The Labute approximate surface area is 75.8 Å². The summed E-state index contributed by atoms with van der Waals surface area (Å²) in [6, 6.07) is 0. The molecule has 1 N–H and O–H groups in total. The van der Waals surface area contributed by atoms with Crippen molar-refractivity contribution in [3.63, 3.8) is 0 Å². The summed E-state index contributed by atoms with van der Waals surface area (Å²) in [5.41, 5.74) is 0. The second-order valence-corrected chi connectivity index (χ2v) is 3.92. The Hall–Kier alpha value is -0.225. The third-order valence-corrected chi connectivity index (χ3v) is 2.30. The molecule has 0 bridgehead atoms. The maximum atomic E-state index is 11.9. The standard InChI is InChI=1S/C7H14BF3NO/c1-12(5-8(9,10)11)4-6-2-7(13)3-6/h6-7,13H,2-5H2,1H3/q-1. The van der Waals surface area contributed by atoms with E-state index in [0.29, 0.717) is 19.4 Å². The summed E-state index contributed by atoms with van der Waals surface area (Å²) < 4.78 is 35.8. The number of aliphatic hydroxyl groups is 1. The van der Waals surface area contributed by atoms with Gasteiger partial charge in [-0.2, -0.15) is 0 Å². The van der Waals surface area contributed by atoms with E-state index in [4.69, 9.17) is 5.11 Å². The van der Waals surface area contributed by atoms with Crippen LogP contribution in [0.25, 0.3) is 0 Å². The van der Waals surface area contributed by atoms with Crippen LogP contribution in [0.2, 0.25) is 0 Å².